The van der Waals surface area contributed by atoms with Gasteiger partial charge >= 0.3 is 5.97 Å². The number of esters is 1. The monoisotopic (exact) mass is 275 g/mol. The molecule has 0 aromatic heterocycles. The molecule has 1 aromatic carbocycles. The van der Waals surface area contributed by atoms with Crippen molar-refractivity contribution in [2.24, 2.45) is 0 Å². The van der Waals surface area contributed by atoms with Crippen molar-refractivity contribution in [2.75, 3.05) is 0 Å². The van der Waals surface area contributed by atoms with E-state index in [4.69, 9.17) is 9.47 Å². The van der Waals surface area contributed by atoms with Crippen LogP contribution >= 0.6 is 0 Å². The van der Waals surface area contributed by atoms with E-state index in [1.54, 1.807) is 0 Å². The van der Waals surface area contributed by atoms with Gasteiger partial charge in [0.25, 0.3) is 0 Å². The van der Waals surface area contributed by atoms with E-state index >= 15 is 0 Å². The van der Waals surface area contributed by atoms with Crippen LogP contribution in [0.2, 0.25) is 0 Å². The molecular weight excluding hydrogens is 254 g/mol. The Morgan fingerprint density at radius 3 is 2.65 bits per heavy atom. The van der Waals surface area contributed by atoms with E-state index < -0.39 is 0 Å². The van der Waals surface area contributed by atoms with E-state index in [2.05, 4.69) is 5.32 Å². The highest BCUT2D eigenvalue weighted by Gasteiger charge is 2.27. The van der Waals surface area contributed by atoms with Gasteiger partial charge in [0.05, 0.1) is 17.8 Å². The minimum Gasteiger partial charge on any atom is -0.459 e. The van der Waals surface area contributed by atoms with E-state index in [0.717, 1.165) is 25.9 Å². The number of carbonyl (C=O) groups is 1. The molecule has 0 bridgehead atoms. The molecule has 2 aliphatic rings. The van der Waals surface area contributed by atoms with Crippen molar-refractivity contribution < 1.29 is 14.3 Å². The minimum absolute atomic E-state index is 0.0346. The van der Waals surface area contributed by atoms with Crippen molar-refractivity contribution in [1.82, 2.24) is 5.32 Å². The molecular formula is C16H21NO3. The topological polar surface area (TPSA) is 47.6 Å². The van der Waals surface area contributed by atoms with Crippen LogP contribution in [0, 0.1) is 0 Å². The molecule has 3 rings (SSSR count). The molecule has 0 saturated carbocycles. The number of benzene rings is 1. The first kappa shape index (κ1) is 13.6. The first-order valence-corrected chi connectivity index (χ1v) is 7.31. The average molecular weight is 275 g/mol. The zero-order valence-electron chi connectivity index (χ0n) is 12.0. The third-order valence-corrected chi connectivity index (χ3v) is 4.00. The summed E-state index contributed by atoms with van der Waals surface area (Å²) < 4.78 is 11.3. The summed E-state index contributed by atoms with van der Waals surface area (Å²) in [5, 5.41) is 3.28. The van der Waals surface area contributed by atoms with Crippen molar-refractivity contribution in [1.29, 1.82) is 0 Å². The van der Waals surface area contributed by atoms with Crippen LogP contribution in [0.4, 0.5) is 0 Å². The summed E-state index contributed by atoms with van der Waals surface area (Å²) in [6.07, 6.45) is 1.83. The van der Waals surface area contributed by atoms with Gasteiger partial charge in [-0.3, -0.25) is 0 Å². The molecule has 1 aromatic rings. The molecule has 2 atom stereocenters. The van der Waals surface area contributed by atoms with Gasteiger partial charge in [-0.05, 0) is 37.1 Å². The maximum absolute atomic E-state index is 12.2. The molecule has 4 nitrogen and oxygen atoms in total. The maximum Gasteiger partial charge on any atom is 0.338 e. The second-order valence-electron chi connectivity index (χ2n) is 5.84. The van der Waals surface area contributed by atoms with Crippen LogP contribution in [-0.4, -0.2) is 24.3 Å². The summed E-state index contributed by atoms with van der Waals surface area (Å²) in [6, 6.07) is 5.82. The van der Waals surface area contributed by atoms with Crippen LogP contribution in [0.1, 0.15) is 48.2 Å². The third kappa shape index (κ3) is 2.86. The Morgan fingerprint density at radius 1 is 1.20 bits per heavy atom. The second-order valence-corrected chi connectivity index (χ2v) is 5.84. The number of hydrogen-bond acceptors (Lipinski definition) is 4. The van der Waals surface area contributed by atoms with Gasteiger partial charge in [-0.2, -0.15) is 0 Å². The van der Waals surface area contributed by atoms with E-state index in [1.807, 2.05) is 32.0 Å². The average Bonchev–Trinajstić information content (AvgIpc) is 2.84. The molecule has 0 spiro atoms. The van der Waals surface area contributed by atoms with Crippen LogP contribution < -0.4 is 5.32 Å². The Balaban J connectivity index is 1.67. The van der Waals surface area contributed by atoms with Gasteiger partial charge in [0.2, 0.25) is 0 Å². The quantitative estimate of drug-likeness (QED) is 0.842. The van der Waals surface area contributed by atoms with Gasteiger partial charge in [0.15, 0.2) is 0 Å². The van der Waals surface area contributed by atoms with Crippen LogP contribution in [0.15, 0.2) is 18.2 Å². The van der Waals surface area contributed by atoms with Crippen molar-refractivity contribution in [3.63, 3.8) is 0 Å². The van der Waals surface area contributed by atoms with E-state index in [-0.39, 0.29) is 24.3 Å². The van der Waals surface area contributed by atoms with E-state index in [0.29, 0.717) is 5.56 Å². The fraction of sp³-hybridized carbons (Fsp3) is 0.562. The summed E-state index contributed by atoms with van der Waals surface area (Å²) in [6.45, 7) is 5.77. The Hall–Kier alpha value is -1.39. The molecule has 108 valence electrons. The second kappa shape index (κ2) is 5.54. The van der Waals surface area contributed by atoms with Gasteiger partial charge in [0, 0.05) is 25.9 Å². The van der Waals surface area contributed by atoms with Crippen molar-refractivity contribution in [2.45, 2.75) is 58.1 Å². The highest BCUT2D eigenvalue weighted by molar-refractivity contribution is 5.89. The fourth-order valence-corrected chi connectivity index (χ4v) is 3.08. The first-order valence-electron chi connectivity index (χ1n) is 7.31. The minimum atomic E-state index is -0.217. The summed E-state index contributed by atoms with van der Waals surface area (Å²) in [4.78, 5) is 12.2. The summed E-state index contributed by atoms with van der Waals surface area (Å²) in [5.74, 6) is -0.217. The largest absolute Gasteiger partial charge is 0.459 e. The molecule has 1 N–H and O–H groups in total. The number of ether oxygens (including phenoxy) is 2. The van der Waals surface area contributed by atoms with Gasteiger partial charge in [-0.25, -0.2) is 4.79 Å². The molecule has 2 heterocycles. The number of rotatable bonds is 2. The van der Waals surface area contributed by atoms with Crippen LogP contribution in [0.5, 0.6) is 0 Å². The molecule has 2 aliphatic heterocycles. The number of carbonyl (C=O) groups excluding carboxylic acids is 1. The summed E-state index contributed by atoms with van der Waals surface area (Å²) >= 11 is 0. The lowest BCUT2D eigenvalue weighted by molar-refractivity contribution is -0.0855. The summed E-state index contributed by atoms with van der Waals surface area (Å²) in [5.41, 5.74) is 3.13. The van der Waals surface area contributed by atoms with Crippen LogP contribution in [-0.2, 0) is 22.6 Å². The fourth-order valence-electron chi connectivity index (χ4n) is 3.08. The Labute approximate surface area is 119 Å². The molecule has 1 fully saturated rings. The summed E-state index contributed by atoms with van der Waals surface area (Å²) in [7, 11) is 0. The van der Waals surface area contributed by atoms with Crippen molar-refractivity contribution in [3.8, 4) is 0 Å². The molecule has 20 heavy (non-hydrogen) atoms. The number of fused-ring (bicyclic) bond motifs is 1. The number of hydrogen-bond donors (Lipinski definition) is 1. The molecule has 1 saturated heterocycles. The molecule has 0 aliphatic carbocycles. The Bertz CT molecular complexity index is 504. The zero-order chi connectivity index (χ0) is 14.1. The molecule has 0 amide bonds. The van der Waals surface area contributed by atoms with Gasteiger partial charge in [-0.1, -0.05) is 6.07 Å². The van der Waals surface area contributed by atoms with Gasteiger partial charge < -0.3 is 14.8 Å². The predicted octanol–water partition coefficient (Wildman–Crippen LogP) is 2.40. The van der Waals surface area contributed by atoms with Gasteiger partial charge in [0.1, 0.15) is 6.10 Å². The van der Waals surface area contributed by atoms with Crippen molar-refractivity contribution >= 4 is 5.97 Å². The lowest BCUT2D eigenvalue weighted by Crippen LogP contribution is -2.35. The standard InChI is InChI=1S/C16H21NO3/c1-10-5-15(6-11(2)19-10)20-16(18)12-3-4-13-8-17-9-14(13)7-12/h3-4,7,10-11,15,17H,5-6,8-9H2,1-2H3. The Kier molecular flexibility index (Phi) is 3.76. The molecule has 0 radical (unpaired) electrons. The smallest absolute Gasteiger partial charge is 0.338 e. The zero-order valence-corrected chi connectivity index (χ0v) is 12.0. The molecule has 4 heteroatoms. The van der Waals surface area contributed by atoms with Crippen molar-refractivity contribution in [3.05, 3.63) is 34.9 Å². The highest BCUT2D eigenvalue weighted by atomic mass is 16.6. The van der Waals surface area contributed by atoms with Crippen LogP contribution in [0.3, 0.4) is 0 Å². The number of nitrogens with one attached hydrogen (secondary N) is 1. The van der Waals surface area contributed by atoms with E-state index in [9.17, 15) is 4.79 Å². The van der Waals surface area contributed by atoms with Gasteiger partial charge in [-0.15, -0.1) is 0 Å². The van der Waals surface area contributed by atoms with Crippen LogP contribution in [0.25, 0.3) is 0 Å². The normalized spacial score (nSPS) is 29.0. The SMILES string of the molecule is CC1CC(OC(=O)c2ccc3c(c2)CNC3)CC(C)O1. The third-order valence-electron chi connectivity index (χ3n) is 4.00. The molecule has 2 unspecified atom stereocenters. The predicted molar refractivity (Wildman–Crippen MR) is 75.4 cm³/mol. The maximum atomic E-state index is 12.2. The lowest BCUT2D eigenvalue weighted by atomic mass is 10.0. The highest BCUT2D eigenvalue weighted by Crippen LogP contribution is 2.23. The van der Waals surface area contributed by atoms with E-state index in [1.165, 1.54) is 11.1 Å². The first-order chi connectivity index (χ1) is 9.61. The Morgan fingerprint density at radius 2 is 1.90 bits per heavy atom. The lowest BCUT2D eigenvalue weighted by Gasteiger charge is -2.31.